The third-order valence-corrected chi connectivity index (χ3v) is 4.39. The molecule has 2 fully saturated rings. The van der Waals surface area contributed by atoms with Gasteiger partial charge in [-0.05, 0) is 18.1 Å². The van der Waals surface area contributed by atoms with Crippen molar-refractivity contribution in [2.45, 2.75) is 38.0 Å². The van der Waals surface area contributed by atoms with Crippen LogP contribution in [0.25, 0.3) is 0 Å². The van der Waals surface area contributed by atoms with E-state index in [0.717, 1.165) is 4.90 Å². The summed E-state index contributed by atoms with van der Waals surface area (Å²) in [5, 5.41) is 11.9. The van der Waals surface area contributed by atoms with Gasteiger partial charge in [0.05, 0.1) is 25.7 Å². The van der Waals surface area contributed by atoms with Gasteiger partial charge in [0.1, 0.15) is 6.04 Å². The molecule has 27 heavy (non-hydrogen) atoms. The molecule has 3 amide bonds. The largest absolute Gasteiger partial charge is 0.418 e. The zero-order valence-corrected chi connectivity index (χ0v) is 14.8. The van der Waals surface area contributed by atoms with Crippen molar-refractivity contribution in [3.8, 4) is 0 Å². The number of carbonyl (C=O) groups excluding carboxylic acids is 2. The lowest BCUT2D eigenvalue weighted by Crippen LogP contribution is -2.49. The van der Waals surface area contributed by atoms with E-state index in [4.69, 9.17) is 15.1 Å². The number of tetrazole rings is 1. The minimum atomic E-state index is -4.83. The number of urea groups is 1. The van der Waals surface area contributed by atoms with Crippen LogP contribution < -0.4 is 11.2 Å². The highest BCUT2D eigenvalue weighted by molar-refractivity contribution is 7.80. The van der Waals surface area contributed by atoms with Gasteiger partial charge in [0.25, 0.3) is 5.91 Å². The van der Waals surface area contributed by atoms with E-state index in [1.54, 1.807) is 0 Å². The molecule has 2 aliphatic heterocycles. The number of aromatic nitrogens is 4. The van der Waals surface area contributed by atoms with Crippen molar-refractivity contribution in [2.24, 2.45) is 5.73 Å². The summed E-state index contributed by atoms with van der Waals surface area (Å²) in [4.78, 5) is 32.0. The quantitative estimate of drug-likeness (QED) is 0.229. The topological polar surface area (TPSA) is 195 Å². The van der Waals surface area contributed by atoms with Crippen molar-refractivity contribution in [1.82, 2.24) is 35.7 Å². The van der Waals surface area contributed by atoms with Gasteiger partial charge in [-0.25, -0.2) is 10.3 Å². The second kappa shape index (κ2) is 7.69. The van der Waals surface area contributed by atoms with Crippen molar-refractivity contribution < 1.29 is 31.7 Å². The molecule has 15 nitrogen and oxygen atoms in total. The molecule has 1 aromatic heterocycles. The highest BCUT2D eigenvalue weighted by Crippen LogP contribution is 2.30. The number of nitrogens with two attached hydrogens (primary N) is 1. The molecule has 3 rings (SSSR count). The molecule has 0 spiro atoms. The minimum Gasteiger partial charge on any atom is -0.324 e. The van der Waals surface area contributed by atoms with Gasteiger partial charge in [0, 0.05) is 6.54 Å². The molecule has 2 bridgehead atoms. The van der Waals surface area contributed by atoms with Gasteiger partial charge in [-0.2, -0.15) is 18.3 Å². The van der Waals surface area contributed by atoms with Crippen LogP contribution in [0, 0.1) is 0 Å². The van der Waals surface area contributed by atoms with Gasteiger partial charge in [-0.15, -0.1) is 14.5 Å². The van der Waals surface area contributed by atoms with E-state index < -0.39 is 34.4 Å². The highest BCUT2D eigenvalue weighted by atomic mass is 32.3. The van der Waals surface area contributed by atoms with Gasteiger partial charge in [0.2, 0.25) is 0 Å². The van der Waals surface area contributed by atoms with Crippen molar-refractivity contribution >= 4 is 22.3 Å². The summed E-state index contributed by atoms with van der Waals surface area (Å²) in [6.45, 7) is 0.520. The maximum Gasteiger partial charge on any atom is 0.418 e. The molecule has 0 saturated carbocycles. The molecule has 16 heteroatoms. The van der Waals surface area contributed by atoms with Crippen molar-refractivity contribution in [1.29, 1.82) is 0 Å². The molecular formula is C11H18N8O7S. The Morgan fingerprint density at radius 1 is 1.41 bits per heavy atom. The molecule has 2 saturated heterocycles. The fourth-order valence-electron chi connectivity index (χ4n) is 2.87. The van der Waals surface area contributed by atoms with Gasteiger partial charge in [0.15, 0.2) is 5.82 Å². The Morgan fingerprint density at radius 2 is 2.19 bits per heavy atom. The summed E-state index contributed by atoms with van der Waals surface area (Å²) in [6, 6.07) is -2.24. The van der Waals surface area contributed by atoms with Crippen LogP contribution >= 0.6 is 0 Å². The lowest BCUT2D eigenvalue weighted by molar-refractivity contribution is -0.139. The number of carbonyl (C=O) groups is 2. The number of piperidine rings is 1. The summed E-state index contributed by atoms with van der Waals surface area (Å²) in [7, 11) is -4.83. The number of fused-ring (bicyclic) bond motifs is 2. The van der Waals surface area contributed by atoms with Gasteiger partial charge in [-0.1, -0.05) is 0 Å². The fourth-order valence-corrected chi connectivity index (χ4v) is 3.26. The van der Waals surface area contributed by atoms with Crippen LogP contribution in [0.1, 0.15) is 18.7 Å². The second-order valence-electron chi connectivity index (χ2n) is 5.83. The van der Waals surface area contributed by atoms with Crippen LogP contribution in [0.2, 0.25) is 0 Å². The average molecular weight is 406 g/mol. The van der Waals surface area contributed by atoms with Crippen LogP contribution in [-0.2, 0) is 37.4 Å². The number of nitrogens with zero attached hydrogens (tertiary/aromatic N) is 6. The van der Waals surface area contributed by atoms with Crippen LogP contribution in [-0.4, -0.2) is 80.3 Å². The molecule has 0 aliphatic carbocycles. The number of amides is 3. The predicted molar refractivity (Wildman–Crippen MR) is 83.2 cm³/mol. The van der Waals surface area contributed by atoms with Crippen LogP contribution in [0.3, 0.4) is 0 Å². The molecule has 3 heterocycles. The van der Waals surface area contributed by atoms with E-state index >= 15 is 0 Å². The standard InChI is InChI=1S/C11H18N8O7S/c12-5-9-13-16-18(14-9)3-4-25-15-10(20)8-2-1-7-6-17(8)11(21)19(7)26-27(22,23)24/h7-8H,1-6,12H2,(H,15,20)(H,22,23,24)/t7-,8+/m1/s1. The average Bonchev–Trinajstić information content (AvgIpc) is 3.17. The van der Waals surface area contributed by atoms with Crippen molar-refractivity contribution in [2.75, 3.05) is 13.2 Å². The molecule has 1 aromatic rings. The highest BCUT2D eigenvalue weighted by Gasteiger charge is 2.49. The first-order valence-corrected chi connectivity index (χ1v) is 9.30. The van der Waals surface area contributed by atoms with Crippen molar-refractivity contribution in [3.05, 3.63) is 5.82 Å². The maximum absolute atomic E-state index is 12.3. The minimum absolute atomic E-state index is 0.0490. The number of hydrogen-bond acceptors (Lipinski definition) is 10. The Hall–Kier alpha value is -2.40. The third-order valence-electron chi connectivity index (χ3n) is 4.04. The smallest absolute Gasteiger partial charge is 0.324 e. The van der Waals surface area contributed by atoms with Gasteiger partial charge < -0.3 is 10.6 Å². The van der Waals surface area contributed by atoms with Gasteiger partial charge in [-0.3, -0.25) is 14.2 Å². The summed E-state index contributed by atoms with van der Waals surface area (Å²) in [6.07, 6.45) is 0.599. The van der Waals surface area contributed by atoms with E-state index in [0.29, 0.717) is 17.3 Å². The normalized spacial score (nSPS) is 22.4. The van der Waals surface area contributed by atoms with Crippen LogP contribution in [0.15, 0.2) is 0 Å². The van der Waals surface area contributed by atoms with Gasteiger partial charge >= 0.3 is 16.4 Å². The fraction of sp³-hybridized carbons (Fsp3) is 0.727. The maximum atomic E-state index is 12.3. The monoisotopic (exact) mass is 406 g/mol. The zero-order chi connectivity index (χ0) is 19.6. The summed E-state index contributed by atoms with van der Waals surface area (Å²) in [5.74, 6) is -0.190. The zero-order valence-electron chi connectivity index (χ0n) is 14.0. The lowest BCUT2D eigenvalue weighted by atomic mass is 10.0. The predicted octanol–water partition coefficient (Wildman–Crippen LogP) is -2.82. The van der Waals surface area contributed by atoms with E-state index in [2.05, 4.69) is 25.2 Å². The first kappa shape index (κ1) is 19.4. The van der Waals surface area contributed by atoms with E-state index in [1.165, 1.54) is 4.80 Å². The molecule has 0 unspecified atom stereocenters. The summed E-state index contributed by atoms with van der Waals surface area (Å²) in [5.41, 5.74) is 7.60. The number of nitrogens with one attached hydrogen (secondary N) is 1. The Labute approximate surface area is 153 Å². The second-order valence-corrected chi connectivity index (χ2v) is 6.83. The molecule has 2 atom stereocenters. The summed E-state index contributed by atoms with van der Waals surface area (Å²) < 4.78 is 34.7. The first-order valence-electron chi connectivity index (χ1n) is 7.93. The Balaban J connectivity index is 1.48. The number of hydrogen-bond donors (Lipinski definition) is 3. The van der Waals surface area contributed by atoms with Crippen molar-refractivity contribution in [3.63, 3.8) is 0 Å². The molecule has 4 N–H and O–H groups in total. The van der Waals surface area contributed by atoms with E-state index in [9.17, 15) is 18.0 Å². The SMILES string of the molecule is NCc1nnn(CCONC(=O)[C@@H]2CC[C@@H]3CN2C(=O)N3OS(=O)(=O)O)n1. The van der Waals surface area contributed by atoms with E-state index in [1.807, 2.05) is 0 Å². The molecule has 0 aromatic carbocycles. The molecule has 0 radical (unpaired) electrons. The molecule has 2 aliphatic rings. The Kier molecular flexibility index (Phi) is 5.51. The Morgan fingerprint density at radius 3 is 2.85 bits per heavy atom. The Bertz CT molecular complexity index is 813. The number of hydroxylamine groups is 3. The summed E-state index contributed by atoms with van der Waals surface area (Å²) >= 11 is 0. The molecular weight excluding hydrogens is 388 g/mol. The third kappa shape index (κ3) is 4.48. The van der Waals surface area contributed by atoms with Crippen LogP contribution in [0.5, 0.6) is 0 Å². The van der Waals surface area contributed by atoms with Crippen LogP contribution in [0.4, 0.5) is 4.79 Å². The lowest BCUT2D eigenvalue weighted by Gasteiger charge is -2.28. The van der Waals surface area contributed by atoms with E-state index in [-0.39, 0.29) is 32.7 Å². The first-order chi connectivity index (χ1) is 12.8. The molecule has 150 valence electrons. The number of rotatable bonds is 8.